The third-order valence-electron chi connectivity index (χ3n) is 3.42. The number of halogens is 5. The Labute approximate surface area is 131 Å². The summed E-state index contributed by atoms with van der Waals surface area (Å²) in [6.45, 7) is 0. The highest BCUT2D eigenvalue weighted by atomic mass is 19.2. The van der Waals surface area contributed by atoms with Gasteiger partial charge in [0.15, 0.2) is 35.0 Å². The van der Waals surface area contributed by atoms with Gasteiger partial charge >= 0.3 is 0 Å². The van der Waals surface area contributed by atoms with Crippen molar-refractivity contribution >= 4 is 22.8 Å². The summed E-state index contributed by atoms with van der Waals surface area (Å²) in [5.41, 5.74) is 5.27. The number of ketones is 1. The number of benzene rings is 2. The minimum absolute atomic E-state index is 0.133. The van der Waals surface area contributed by atoms with Crippen LogP contribution in [0, 0.1) is 29.1 Å². The second-order valence-electron chi connectivity index (χ2n) is 5.02. The number of anilines is 1. The van der Waals surface area contributed by atoms with E-state index in [9.17, 15) is 26.7 Å². The fraction of sp³-hybridized carbons (Fsp3) is 0.0667. The summed E-state index contributed by atoms with van der Waals surface area (Å²) in [6, 6.07) is 4.39. The van der Waals surface area contributed by atoms with Gasteiger partial charge < -0.3 is 10.7 Å². The Morgan fingerprint density at radius 1 is 1.00 bits per heavy atom. The lowest BCUT2D eigenvalue weighted by atomic mass is 10.0. The molecule has 1 heterocycles. The maximum absolute atomic E-state index is 13.6. The van der Waals surface area contributed by atoms with Crippen LogP contribution in [0.2, 0.25) is 0 Å². The van der Waals surface area contributed by atoms with Crippen LogP contribution in [0.1, 0.15) is 15.9 Å². The van der Waals surface area contributed by atoms with Crippen LogP contribution < -0.4 is 5.73 Å². The zero-order valence-corrected chi connectivity index (χ0v) is 11.8. The lowest BCUT2D eigenvalue weighted by Gasteiger charge is -2.07. The molecule has 124 valence electrons. The van der Waals surface area contributed by atoms with Gasteiger partial charge in [0.2, 0.25) is 5.82 Å². The van der Waals surface area contributed by atoms with Crippen molar-refractivity contribution in [2.45, 2.75) is 6.42 Å². The molecule has 0 aliphatic rings. The smallest absolute Gasteiger partial charge is 0.200 e. The van der Waals surface area contributed by atoms with Crippen LogP contribution in [0.3, 0.4) is 0 Å². The molecule has 0 amide bonds. The molecule has 24 heavy (non-hydrogen) atoms. The Morgan fingerprint density at radius 3 is 2.21 bits per heavy atom. The van der Waals surface area contributed by atoms with Crippen molar-refractivity contribution < 1.29 is 26.7 Å². The molecule has 0 aliphatic carbocycles. The first-order chi connectivity index (χ1) is 11.3. The van der Waals surface area contributed by atoms with Crippen LogP contribution in [0.25, 0.3) is 11.0 Å². The van der Waals surface area contributed by atoms with Crippen molar-refractivity contribution in [1.29, 1.82) is 0 Å². The van der Waals surface area contributed by atoms with Crippen molar-refractivity contribution in [3.05, 3.63) is 58.4 Å². The van der Waals surface area contributed by atoms with Gasteiger partial charge in [-0.05, 0) is 17.7 Å². The number of fused-ring (bicyclic) bond motifs is 1. The van der Waals surface area contributed by atoms with E-state index in [0.717, 1.165) is 0 Å². The van der Waals surface area contributed by atoms with Gasteiger partial charge in [-0.3, -0.25) is 4.79 Å². The Hall–Kier alpha value is -2.97. The van der Waals surface area contributed by atoms with E-state index in [1.54, 1.807) is 0 Å². The number of rotatable bonds is 3. The van der Waals surface area contributed by atoms with E-state index in [-0.39, 0.29) is 5.95 Å². The number of nitrogens with one attached hydrogen (secondary N) is 1. The van der Waals surface area contributed by atoms with E-state index in [4.69, 9.17) is 5.73 Å². The molecule has 3 aromatic rings. The molecular weight excluding hydrogens is 333 g/mol. The Kier molecular flexibility index (Phi) is 3.70. The molecule has 0 saturated carbocycles. The fourth-order valence-corrected chi connectivity index (χ4v) is 2.31. The number of nitrogens with zero attached hydrogens (tertiary/aromatic N) is 1. The third kappa shape index (κ3) is 2.47. The zero-order valence-electron chi connectivity index (χ0n) is 11.8. The van der Waals surface area contributed by atoms with Gasteiger partial charge in [0.05, 0.1) is 16.6 Å². The number of carbonyl (C=O) groups excluding carboxylic acids is 1. The molecule has 4 nitrogen and oxygen atoms in total. The predicted octanol–water partition coefficient (Wildman–Crippen LogP) is 3.27. The van der Waals surface area contributed by atoms with Crippen molar-refractivity contribution in [1.82, 2.24) is 9.97 Å². The number of aromatic amines is 1. The van der Waals surface area contributed by atoms with Gasteiger partial charge in [-0.2, -0.15) is 0 Å². The number of nitrogen functional groups attached to an aromatic ring is 1. The Bertz CT molecular complexity index is 954. The minimum atomic E-state index is -2.31. The number of H-pyrrole nitrogens is 1. The van der Waals surface area contributed by atoms with Crippen LogP contribution in [0.15, 0.2) is 18.2 Å². The average molecular weight is 341 g/mol. The van der Waals surface area contributed by atoms with E-state index in [0.29, 0.717) is 16.6 Å². The highest BCUT2D eigenvalue weighted by molar-refractivity contribution is 5.98. The molecule has 3 N–H and O–H groups in total. The van der Waals surface area contributed by atoms with E-state index in [1.807, 2.05) is 0 Å². The summed E-state index contributed by atoms with van der Waals surface area (Å²) in [5, 5.41) is 0. The molecular formula is C15H8F5N3O. The predicted molar refractivity (Wildman–Crippen MR) is 74.8 cm³/mol. The monoisotopic (exact) mass is 341 g/mol. The minimum Gasteiger partial charge on any atom is -0.369 e. The SMILES string of the molecule is Nc1nc2ccc(CC(=O)c3c(F)c(F)c(F)c(F)c3F)cc2[nH]1. The molecule has 9 heteroatoms. The number of Topliss-reactive ketones (excluding diaryl/α,β-unsaturated/α-hetero) is 1. The molecule has 3 rings (SSSR count). The maximum Gasteiger partial charge on any atom is 0.200 e. The first-order valence-corrected chi connectivity index (χ1v) is 6.58. The molecule has 0 unspecified atom stereocenters. The van der Waals surface area contributed by atoms with Crippen molar-refractivity contribution in [2.75, 3.05) is 5.73 Å². The number of imidazole rings is 1. The second kappa shape index (κ2) is 5.59. The third-order valence-corrected chi connectivity index (χ3v) is 3.42. The summed E-state index contributed by atoms with van der Waals surface area (Å²) in [5.74, 6) is -12.0. The normalized spacial score (nSPS) is 11.2. The van der Waals surface area contributed by atoms with Crippen LogP contribution in [0.4, 0.5) is 27.9 Å². The average Bonchev–Trinajstić information content (AvgIpc) is 2.90. The van der Waals surface area contributed by atoms with E-state index < -0.39 is 46.9 Å². The summed E-state index contributed by atoms with van der Waals surface area (Å²) in [4.78, 5) is 18.7. The van der Waals surface area contributed by atoms with Crippen molar-refractivity contribution in [3.8, 4) is 0 Å². The zero-order chi connectivity index (χ0) is 17.6. The van der Waals surface area contributed by atoms with Gasteiger partial charge in [0, 0.05) is 6.42 Å². The van der Waals surface area contributed by atoms with E-state index >= 15 is 0 Å². The largest absolute Gasteiger partial charge is 0.369 e. The summed E-state index contributed by atoms with van der Waals surface area (Å²) in [6.07, 6.45) is -0.562. The van der Waals surface area contributed by atoms with Gasteiger partial charge in [-0.1, -0.05) is 6.07 Å². The van der Waals surface area contributed by atoms with E-state index in [1.165, 1.54) is 18.2 Å². The molecule has 0 spiro atoms. The quantitative estimate of drug-likeness (QED) is 0.332. The van der Waals surface area contributed by atoms with Crippen LogP contribution in [-0.2, 0) is 6.42 Å². The Balaban J connectivity index is 2.00. The molecule has 0 radical (unpaired) electrons. The molecule has 0 aliphatic heterocycles. The molecule has 0 fully saturated rings. The first kappa shape index (κ1) is 15.9. The summed E-state index contributed by atoms with van der Waals surface area (Å²) < 4.78 is 66.6. The molecule has 0 atom stereocenters. The fourth-order valence-electron chi connectivity index (χ4n) is 2.31. The number of nitrogens with two attached hydrogens (primary N) is 1. The van der Waals surface area contributed by atoms with Gasteiger partial charge in [-0.15, -0.1) is 0 Å². The standard InChI is InChI=1S/C15H8F5N3O/c16-10-9(11(17)13(19)14(20)12(10)18)8(24)4-5-1-2-6-7(3-5)23-15(21)22-6/h1-3H,4H2,(H3,21,22,23). The maximum atomic E-state index is 13.6. The van der Waals surface area contributed by atoms with Gasteiger partial charge in [-0.25, -0.2) is 26.9 Å². The van der Waals surface area contributed by atoms with Crippen LogP contribution in [0.5, 0.6) is 0 Å². The highest BCUT2D eigenvalue weighted by Gasteiger charge is 2.29. The van der Waals surface area contributed by atoms with E-state index in [2.05, 4.69) is 9.97 Å². The molecule has 0 saturated heterocycles. The first-order valence-electron chi connectivity index (χ1n) is 6.58. The molecule has 1 aromatic heterocycles. The second-order valence-corrected chi connectivity index (χ2v) is 5.02. The van der Waals surface area contributed by atoms with Crippen molar-refractivity contribution in [2.24, 2.45) is 0 Å². The van der Waals surface area contributed by atoms with Crippen LogP contribution in [-0.4, -0.2) is 15.8 Å². The van der Waals surface area contributed by atoms with Gasteiger partial charge in [0.25, 0.3) is 0 Å². The Morgan fingerprint density at radius 2 is 1.58 bits per heavy atom. The van der Waals surface area contributed by atoms with Crippen LogP contribution >= 0.6 is 0 Å². The summed E-state index contributed by atoms with van der Waals surface area (Å²) in [7, 11) is 0. The van der Waals surface area contributed by atoms with Crippen molar-refractivity contribution in [3.63, 3.8) is 0 Å². The lowest BCUT2D eigenvalue weighted by molar-refractivity contribution is 0.0981. The number of carbonyl (C=O) groups is 1. The lowest BCUT2D eigenvalue weighted by Crippen LogP contribution is -2.14. The molecule has 0 bridgehead atoms. The highest BCUT2D eigenvalue weighted by Crippen LogP contribution is 2.25. The summed E-state index contributed by atoms with van der Waals surface area (Å²) >= 11 is 0. The topological polar surface area (TPSA) is 71.8 Å². The van der Waals surface area contributed by atoms with Gasteiger partial charge in [0.1, 0.15) is 0 Å². The number of hydrogen-bond donors (Lipinski definition) is 2. The number of hydrogen-bond acceptors (Lipinski definition) is 3. The molecule has 2 aromatic carbocycles. The number of aromatic nitrogens is 2.